The normalized spacial score (nSPS) is 21.2. The SMILES string of the molecule is CN(C)C=C1CCCNC(=O)C1=O. The molecule has 0 spiro atoms. The number of nitrogens with one attached hydrogen (secondary N) is 1. The van der Waals surface area contributed by atoms with Crippen molar-refractivity contribution in [3.63, 3.8) is 0 Å². The van der Waals surface area contributed by atoms with Crippen LogP contribution in [0.25, 0.3) is 0 Å². The lowest BCUT2D eigenvalue weighted by molar-refractivity contribution is -0.135. The number of Topliss-reactive ketones (excluding diaryl/α,β-unsaturated/α-hetero) is 1. The Morgan fingerprint density at radius 1 is 1.38 bits per heavy atom. The first-order valence-corrected chi connectivity index (χ1v) is 4.31. The highest BCUT2D eigenvalue weighted by atomic mass is 16.2. The minimum Gasteiger partial charge on any atom is -0.383 e. The van der Waals surface area contributed by atoms with E-state index in [1.54, 1.807) is 11.1 Å². The molecule has 1 saturated heterocycles. The van der Waals surface area contributed by atoms with Crippen LogP contribution in [0.4, 0.5) is 0 Å². The van der Waals surface area contributed by atoms with Gasteiger partial charge in [-0.1, -0.05) is 0 Å². The van der Waals surface area contributed by atoms with Gasteiger partial charge in [0.1, 0.15) is 0 Å². The van der Waals surface area contributed by atoms with Gasteiger partial charge in [0.2, 0.25) is 5.78 Å². The molecule has 1 aliphatic rings. The van der Waals surface area contributed by atoms with E-state index in [0.29, 0.717) is 18.5 Å². The maximum atomic E-state index is 11.4. The van der Waals surface area contributed by atoms with E-state index >= 15 is 0 Å². The smallest absolute Gasteiger partial charge is 0.292 e. The molecule has 0 saturated carbocycles. The summed E-state index contributed by atoms with van der Waals surface area (Å²) >= 11 is 0. The molecular formula is C9H14N2O2. The molecular weight excluding hydrogens is 168 g/mol. The van der Waals surface area contributed by atoms with Gasteiger partial charge < -0.3 is 10.2 Å². The molecule has 4 heteroatoms. The van der Waals surface area contributed by atoms with Crippen molar-refractivity contribution in [2.75, 3.05) is 20.6 Å². The summed E-state index contributed by atoms with van der Waals surface area (Å²) in [6, 6.07) is 0. The highest BCUT2D eigenvalue weighted by Gasteiger charge is 2.21. The van der Waals surface area contributed by atoms with E-state index in [-0.39, 0.29) is 0 Å². The largest absolute Gasteiger partial charge is 0.383 e. The second kappa shape index (κ2) is 4.07. The molecule has 0 unspecified atom stereocenters. The standard InChI is InChI=1S/C9H14N2O2/c1-11(2)6-7-4-3-5-10-9(13)8(7)12/h6H,3-5H2,1-2H3,(H,10,13). The zero-order chi connectivity index (χ0) is 9.84. The summed E-state index contributed by atoms with van der Waals surface area (Å²) in [5, 5.41) is 2.55. The van der Waals surface area contributed by atoms with E-state index in [1.165, 1.54) is 0 Å². The van der Waals surface area contributed by atoms with Crippen molar-refractivity contribution >= 4 is 11.7 Å². The van der Waals surface area contributed by atoms with Crippen LogP contribution in [-0.2, 0) is 9.59 Å². The maximum absolute atomic E-state index is 11.4. The highest BCUT2D eigenvalue weighted by molar-refractivity contribution is 6.42. The van der Waals surface area contributed by atoms with Crippen LogP contribution in [0, 0.1) is 0 Å². The van der Waals surface area contributed by atoms with Gasteiger partial charge in [-0.25, -0.2) is 0 Å². The lowest BCUT2D eigenvalue weighted by Crippen LogP contribution is -2.29. The van der Waals surface area contributed by atoms with Crippen LogP contribution in [0.5, 0.6) is 0 Å². The van der Waals surface area contributed by atoms with Gasteiger partial charge in [0.15, 0.2) is 0 Å². The Morgan fingerprint density at radius 3 is 2.69 bits per heavy atom. The predicted molar refractivity (Wildman–Crippen MR) is 49.0 cm³/mol. The van der Waals surface area contributed by atoms with Crippen LogP contribution in [-0.4, -0.2) is 37.2 Å². The molecule has 13 heavy (non-hydrogen) atoms. The lowest BCUT2D eigenvalue weighted by Gasteiger charge is -2.07. The Labute approximate surface area is 77.6 Å². The number of carbonyl (C=O) groups is 2. The average molecular weight is 182 g/mol. The summed E-state index contributed by atoms with van der Waals surface area (Å²) in [5.41, 5.74) is 0.597. The van der Waals surface area contributed by atoms with E-state index in [2.05, 4.69) is 5.32 Å². The second-order valence-corrected chi connectivity index (χ2v) is 3.31. The number of rotatable bonds is 1. The topological polar surface area (TPSA) is 49.4 Å². The molecule has 1 fully saturated rings. The molecule has 0 aromatic carbocycles. The highest BCUT2D eigenvalue weighted by Crippen LogP contribution is 2.09. The Bertz CT molecular complexity index is 256. The van der Waals surface area contributed by atoms with Gasteiger partial charge in [0.25, 0.3) is 5.91 Å². The molecule has 1 aliphatic heterocycles. The van der Waals surface area contributed by atoms with Gasteiger partial charge >= 0.3 is 0 Å². The van der Waals surface area contributed by atoms with E-state index in [4.69, 9.17) is 0 Å². The van der Waals surface area contributed by atoms with Crippen molar-refractivity contribution in [1.29, 1.82) is 0 Å². The van der Waals surface area contributed by atoms with E-state index in [9.17, 15) is 9.59 Å². The van der Waals surface area contributed by atoms with Crippen molar-refractivity contribution in [1.82, 2.24) is 10.2 Å². The first-order valence-electron chi connectivity index (χ1n) is 4.31. The van der Waals surface area contributed by atoms with Gasteiger partial charge in [0.05, 0.1) is 0 Å². The van der Waals surface area contributed by atoms with Crippen LogP contribution in [0.15, 0.2) is 11.8 Å². The zero-order valence-electron chi connectivity index (χ0n) is 7.96. The number of nitrogens with zero attached hydrogens (tertiary/aromatic N) is 1. The van der Waals surface area contributed by atoms with Gasteiger partial charge in [-0.05, 0) is 12.8 Å². The minimum absolute atomic E-state index is 0.397. The third-order valence-electron chi connectivity index (χ3n) is 1.82. The lowest BCUT2D eigenvalue weighted by atomic mass is 10.1. The molecule has 0 radical (unpaired) electrons. The first-order chi connectivity index (χ1) is 6.11. The van der Waals surface area contributed by atoms with Gasteiger partial charge in [-0.15, -0.1) is 0 Å². The van der Waals surface area contributed by atoms with Crippen molar-refractivity contribution in [3.05, 3.63) is 11.8 Å². The molecule has 1 rings (SSSR count). The second-order valence-electron chi connectivity index (χ2n) is 3.31. The fourth-order valence-corrected chi connectivity index (χ4v) is 1.26. The Kier molecular flexibility index (Phi) is 3.06. The van der Waals surface area contributed by atoms with Crippen LogP contribution in [0.3, 0.4) is 0 Å². The quantitative estimate of drug-likeness (QED) is 0.455. The summed E-state index contributed by atoms with van der Waals surface area (Å²) in [6.07, 6.45) is 3.22. The molecule has 0 aliphatic carbocycles. The first kappa shape index (κ1) is 9.77. The fourth-order valence-electron chi connectivity index (χ4n) is 1.26. The van der Waals surface area contributed by atoms with Crippen LogP contribution < -0.4 is 5.32 Å². The van der Waals surface area contributed by atoms with Crippen LogP contribution >= 0.6 is 0 Å². The minimum atomic E-state index is -0.481. The summed E-state index contributed by atoms with van der Waals surface area (Å²) in [5.74, 6) is -0.878. The van der Waals surface area contributed by atoms with Crippen molar-refractivity contribution in [2.24, 2.45) is 0 Å². The third-order valence-corrected chi connectivity index (χ3v) is 1.82. The summed E-state index contributed by atoms with van der Waals surface area (Å²) in [4.78, 5) is 24.2. The van der Waals surface area contributed by atoms with Crippen molar-refractivity contribution in [2.45, 2.75) is 12.8 Å². The Morgan fingerprint density at radius 2 is 2.08 bits per heavy atom. The van der Waals surface area contributed by atoms with Crippen LogP contribution in [0.2, 0.25) is 0 Å². The summed E-state index contributed by atoms with van der Waals surface area (Å²) < 4.78 is 0. The third kappa shape index (κ3) is 2.57. The van der Waals surface area contributed by atoms with E-state index in [1.807, 2.05) is 14.1 Å². The number of ketones is 1. The van der Waals surface area contributed by atoms with E-state index in [0.717, 1.165) is 6.42 Å². The molecule has 1 heterocycles. The van der Waals surface area contributed by atoms with Gasteiger partial charge in [-0.2, -0.15) is 0 Å². The molecule has 0 aromatic rings. The molecule has 72 valence electrons. The average Bonchev–Trinajstić information content (AvgIpc) is 2.19. The number of amides is 1. The Hall–Kier alpha value is -1.32. The number of hydrogen-bond donors (Lipinski definition) is 1. The molecule has 0 atom stereocenters. The summed E-state index contributed by atoms with van der Waals surface area (Å²) in [6.45, 7) is 0.593. The monoisotopic (exact) mass is 182 g/mol. The Balaban J connectivity index is 2.82. The van der Waals surface area contributed by atoms with Crippen LogP contribution in [0.1, 0.15) is 12.8 Å². The molecule has 1 N–H and O–H groups in total. The van der Waals surface area contributed by atoms with Gasteiger partial charge in [-0.3, -0.25) is 9.59 Å². The molecule has 0 bridgehead atoms. The van der Waals surface area contributed by atoms with Crippen molar-refractivity contribution < 1.29 is 9.59 Å². The van der Waals surface area contributed by atoms with E-state index < -0.39 is 11.7 Å². The number of carbonyl (C=O) groups excluding carboxylic acids is 2. The zero-order valence-corrected chi connectivity index (χ0v) is 7.96. The molecule has 4 nitrogen and oxygen atoms in total. The molecule has 0 aromatic heterocycles. The predicted octanol–water partition coefficient (Wildman–Crippen LogP) is -0.0890. The summed E-state index contributed by atoms with van der Waals surface area (Å²) in [7, 11) is 3.67. The van der Waals surface area contributed by atoms with Crippen molar-refractivity contribution in [3.8, 4) is 0 Å². The number of hydrogen-bond acceptors (Lipinski definition) is 3. The fraction of sp³-hybridized carbons (Fsp3) is 0.556. The van der Waals surface area contributed by atoms with Gasteiger partial charge in [0, 0.05) is 32.4 Å². The maximum Gasteiger partial charge on any atom is 0.292 e. The molecule has 1 amide bonds.